The molecular formula is C30H35N7O3. The van der Waals surface area contributed by atoms with E-state index in [2.05, 4.69) is 65.9 Å². The third-order valence-corrected chi connectivity index (χ3v) is 7.47. The smallest absolute Gasteiger partial charge is 0.225 e. The van der Waals surface area contributed by atoms with Crippen molar-refractivity contribution in [3.8, 4) is 11.5 Å². The highest BCUT2D eigenvalue weighted by atomic mass is 16.5. The first-order valence-corrected chi connectivity index (χ1v) is 13.8. The molecule has 208 valence electrons. The van der Waals surface area contributed by atoms with E-state index in [1.54, 1.807) is 13.4 Å². The second-order valence-corrected chi connectivity index (χ2v) is 10.3. The van der Waals surface area contributed by atoms with E-state index in [0.29, 0.717) is 24.7 Å². The molecule has 4 aromatic rings. The standard InChI is InChI=1S/C30H35N7O3/c1-35-12-13-39-24(19-35)20-40-28-15-25-26(16-27(28)38-2)33-21-34-29(25)36-8-10-37(11-9-36)30-31-17-23(18-32-30)14-22-6-4-3-5-7-22/h3-7,15-18,21,24H,8-14,19-20H2,1-2H3. The fourth-order valence-corrected chi connectivity index (χ4v) is 5.28. The van der Waals surface area contributed by atoms with E-state index in [0.717, 1.165) is 73.9 Å². The summed E-state index contributed by atoms with van der Waals surface area (Å²) < 4.78 is 17.7. The molecule has 0 N–H and O–H groups in total. The Balaban J connectivity index is 1.13. The molecule has 0 amide bonds. The van der Waals surface area contributed by atoms with E-state index >= 15 is 0 Å². The van der Waals surface area contributed by atoms with E-state index < -0.39 is 0 Å². The van der Waals surface area contributed by atoms with Crippen LogP contribution in [0.5, 0.6) is 11.5 Å². The van der Waals surface area contributed by atoms with Gasteiger partial charge in [0.25, 0.3) is 0 Å². The van der Waals surface area contributed by atoms with Gasteiger partial charge in [-0.3, -0.25) is 0 Å². The number of anilines is 2. The molecule has 0 spiro atoms. The second-order valence-electron chi connectivity index (χ2n) is 10.3. The normalized spacial score (nSPS) is 18.2. The maximum Gasteiger partial charge on any atom is 0.225 e. The Labute approximate surface area is 234 Å². The van der Waals surface area contributed by atoms with Crippen LogP contribution in [0.3, 0.4) is 0 Å². The predicted octanol–water partition coefficient (Wildman–Crippen LogP) is 3.06. The number of hydrogen-bond donors (Lipinski definition) is 0. The first-order valence-electron chi connectivity index (χ1n) is 13.8. The number of benzene rings is 2. The van der Waals surface area contributed by atoms with Crippen LogP contribution < -0.4 is 19.3 Å². The number of morpholine rings is 1. The Kier molecular flexibility index (Phi) is 7.87. The van der Waals surface area contributed by atoms with Crippen molar-refractivity contribution in [2.24, 2.45) is 0 Å². The van der Waals surface area contributed by atoms with Crippen molar-refractivity contribution >= 4 is 22.7 Å². The fraction of sp³-hybridized carbons (Fsp3) is 0.400. The van der Waals surface area contributed by atoms with Crippen LogP contribution >= 0.6 is 0 Å². The Bertz CT molecular complexity index is 1410. The minimum absolute atomic E-state index is 0.0216. The Morgan fingerprint density at radius 3 is 2.40 bits per heavy atom. The minimum atomic E-state index is 0.0216. The number of hydrogen-bond acceptors (Lipinski definition) is 10. The Hall–Kier alpha value is -4.02. The van der Waals surface area contributed by atoms with Crippen LogP contribution in [0.25, 0.3) is 10.9 Å². The van der Waals surface area contributed by atoms with E-state index in [1.165, 1.54) is 5.56 Å². The molecule has 4 heterocycles. The molecule has 2 saturated heterocycles. The number of nitrogens with zero attached hydrogens (tertiary/aromatic N) is 7. The van der Waals surface area contributed by atoms with Gasteiger partial charge in [-0.15, -0.1) is 0 Å². The van der Waals surface area contributed by atoms with Gasteiger partial charge in [0.15, 0.2) is 11.5 Å². The third-order valence-electron chi connectivity index (χ3n) is 7.47. The number of fused-ring (bicyclic) bond motifs is 1. The second kappa shape index (κ2) is 12.0. The van der Waals surface area contributed by atoms with Gasteiger partial charge in [0.1, 0.15) is 24.9 Å². The van der Waals surface area contributed by atoms with Gasteiger partial charge in [-0.1, -0.05) is 30.3 Å². The van der Waals surface area contributed by atoms with Gasteiger partial charge >= 0.3 is 0 Å². The molecule has 0 aliphatic carbocycles. The molecule has 40 heavy (non-hydrogen) atoms. The zero-order chi connectivity index (χ0) is 27.3. The summed E-state index contributed by atoms with van der Waals surface area (Å²) >= 11 is 0. The van der Waals surface area contributed by atoms with Gasteiger partial charge in [0.05, 0.1) is 19.2 Å². The molecule has 6 rings (SSSR count). The molecule has 10 heteroatoms. The Morgan fingerprint density at radius 1 is 0.875 bits per heavy atom. The van der Waals surface area contributed by atoms with Crippen molar-refractivity contribution in [2.75, 3.05) is 76.4 Å². The number of ether oxygens (including phenoxy) is 3. The zero-order valence-electron chi connectivity index (χ0n) is 23.1. The van der Waals surface area contributed by atoms with Crippen molar-refractivity contribution in [1.82, 2.24) is 24.8 Å². The number of likely N-dealkylation sites (N-methyl/N-ethyl adjacent to an activating group) is 1. The molecule has 2 aliphatic heterocycles. The topological polar surface area (TPSA) is 89.0 Å². The van der Waals surface area contributed by atoms with Crippen molar-refractivity contribution in [3.05, 3.63) is 72.3 Å². The summed E-state index contributed by atoms with van der Waals surface area (Å²) in [5.41, 5.74) is 3.19. The van der Waals surface area contributed by atoms with Gasteiger partial charge in [0.2, 0.25) is 5.95 Å². The average molecular weight is 542 g/mol. The maximum atomic E-state index is 6.21. The van der Waals surface area contributed by atoms with E-state index in [1.807, 2.05) is 30.6 Å². The lowest BCUT2D eigenvalue weighted by molar-refractivity contribution is -0.0406. The van der Waals surface area contributed by atoms with Crippen LogP contribution in [0.1, 0.15) is 11.1 Å². The third kappa shape index (κ3) is 5.93. The molecule has 2 aromatic heterocycles. The summed E-state index contributed by atoms with van der Waals surface area (Å²) in [7, 11) is 3.75. The van der Waals surface area contributed by atoms with E-state index in [4.69, 9.17) is 14.2 Å². The van der Waals surface area contributed by atoms with Gasteiger partial charge in [0, 0.05) is 69.5 Å². The summed E-state index contributed by atoms with van der Waals surface area (Å²) in [5, 5.41) is 0.940. The Morgan fingerprint density at radius 2 is 1.65 bits per heavy atom. The van der Waals surface area contributed by atoms with Gasteiger partial charge in [-0.05, 0) is 24.2 Å². The summed E-state index contributed by atoms with van der Waals surface area (Å²) in [4.78, 5) is 25.3. The lowest BCUT2D eigenvalue weighted by Gasteiger charge is -2.35. The quantitative estimate of drug-likeness (QED) is 0.332. The molecule has 10 nitrogen and oxygen atoms in total. The first kappa shape index (κ1) is 26.2. The highest BCUT2D eigenvalue weighted by Gasteiger charge is 2.24. The zero-order valence-corrected chi connectivity index (χ0v) is 23.1. The van der Waals surface area contributed by atoms with Crippen molar-refractivity contribution < 1.29 is 14.2 Å². The van der Waals surface area contributed by atoms with Gasteiger partial charge < -0.3 is 28.9 Å². The van der Waals surface area contributed by atoms with E-state index in [-0.39, 0.29) is 6.10 Å². The molecule has 0 bridgehead atoms. The number of rotatable bonds is 8. The molecule has 1 unspecified atom stereocenters. The summed E-state index contributed by atoms with van der Waals surface area (Å²) in [6.07, 6.45) is 6.34. The summed E-state index contributed by atoms with van der Waals surface area (Å²) in [6.45, 7) is 6.15. The van der Waals surface area contributed by atoms with Crippen LogP contribution in [0.2, 0.25) is 0 Å². The van der Waals surface area contributed by atoms with Crippen LogP contribution in [-0.2, 0) is 11.2 Å². The lowest BCUT2D eigenvalue weighted by atomic mass is 10.1. The molecule has 2 aliphatic rings. The largest absolute Gasteiger partial charge is 0.493 e. The average Bonchev–Trinajstić information content (AvgIpc) is 3.00. The van der Waals surface area contributed by atoms with Crippen molar-refractivity contribution in [2.45, 2.75) is 12.5 Å². The molecule has 0 saturated carbocycles. The van der Waals surface area contributed by atoms with E-state index in [9.17, 15) is 0 Å². The van der Waals surface area contributed by atoms with Crippen molar-refractivity contribution in [3.63, 3.8) is 0 Å². The van der Waals surface area contributed by atoms with Crippen LogP contribution in [0, 0.1) is 0 Å². The summed E-state index contributed by atoms with van der Waals surface area (Å²) in [5.74, 6) is 2.98. The van der Waals surface area contributed by atoms with Crippen LogP contribution in [0.4, 0.5) is 11.8 Å². The lowest BCUT2D eigenvalue weighted by Crippen LogP contribution is -2.47. The highest BCUT2D eigenvalue weighted by Crippen LogP contribution is 2.35. The monoisotopic (exact) mass is 541 g/mol. The predicted molar refractivity (Wildman–Crippen MR) is 155 cm³/mol. The van der Waals surface area contributed by atoms with Crippen LogP contribution in [-0.4, -0.2) is 97.6 Å². The molecule has 2 fully saturated rings. The molecule has 0 radical (unpaired) electrons. The SMILES string of the molecule is COc1cc2ncnc(N3CCN(c4ncc(Cc5ccccc5)cn4)CC3)c2cc1OCC1CN(C)CCO1. The molecule has 2 aromatic carbocycles. The maximum absolute atomic E-state index is 6.21. The minimum Gasteiger partial charge on any atom is -0.493 e. The number of methoxy groups -OCH3 is 1. The first-order chi connectivity index (χ1) is 19.7. The summed E-state index contributed by atoms with van der Waals surface area (Å²) in [6, 6.07) is 14.3. The van der Waals surface area contributed by atoms with Gasteiger partial charge in [-0.25, -0.2) is 19.9 Å². The van der Waals surface area contributed by atoms with Crippen molar-refractivity contribution in [1.29, 1.82) is 0 Å². The number of aromatic nitrogens is 4. The van der Waals surface area contributed by atoms with Crippen LogP contribution in [0.15, 0.2) is 61.2 Å². The molecular weight excluding hydrogens is 506 g/mol. The highest BCUT2D eigenvalue weighted by molar-refractivity contribution is 5.92. The fourth-order valence-electron chi connectivity index (χ4n) is 5.28. The molecule has 1 atom stereocenters. The number of piperazine rings is 1. The van der Waals surface area contributed by atoms with Gasteiger partial charge in [-0.2, -0.15) is 0 Å².